The average Bonchev–Trinajstić information content (AvgIpc) is 2.38. The molecule has 5 nitrogen and oxygen atoms in total. The van der Waals surface area contributed by atoms with Crippen molar-refractivity contribution in [3.63, 3.8) is 0 Å². The Morgan fingerprint density at radius 2 is 2.15 bits per heavy atom. The van der Waals surface area contributed by atoms with Crippen LogP contribution < -0.4 is 5.32 Å². The fourth-order valence-electron chi connectivity index (χ4n) is 2.22. The van der Waals surface area contributed by atoms with Crippen molar-refractivity contribution in [2.24, 2.45) is 0 Å². The molecule has 112 valence electrons. The molecular formula is C14H23FN4O. The Hall–Kier alpha value is -1.69. The summed E-state index contributed by atoms with van der Waals surface area (Å²) in [4.78, 5) is 20.0. The smallest absolute Gasteiger partial charge is 0.257 e. The van der Waals surface area contributed by atoms with Gasteiger partial charge in [-0.1, -0.05) is 0 Å². The summed E-state index contributed by atoms with van der Waals surface area (Å²) < 4.78 is 14.2. The molecule has 0 saturated carbocycles. The van der Waals surface area contributed by atoms with Crippen LogP contribution in [0.1, 0.15) is 24.2 Å². The standard InChI is InChI=1S/C14H23FN4O/c1-6-19(10(2)9-18(4)5)14(20)11-7-8-17-13(16-3)12(11)15/h7-8,10H,6,9H2,1-5H3,(H,16,17). The van der Waals surface area contributed by atoms with Crippen LogP contribution in [0, 0.1) is 5.82 Å². The molecule has 1 aromatic rings. The second-order valence-corrected chi connectivity index (χ2v) is 4.97. The Kier molecular flexibility index (Phi) is 5.88. The summed E-state index contributed by atoms with van der Waals surface area (Å²) in [5, 5.41) is 2.64. The predicted octanol–water partition coefficient (Wildman–Crippen LogP) is 1.67. The van der Waals surface area contributed by atoms with E-state index in [1.807, 2.05) is 32.8 Å². The minimum absolute atomic E-state index is 0.00750. The summed E-state index contributed by atoms with van der Waals surface area (Å²) in [6.07, 6.45) is 1.44. The van der Waals surface area contributed by atoms with Crippen molar-refractivity contribution in [3.8, 4) is 0 Å². The third-order valence-corrected chi connectivity index (χ3v) is 3.12. The molecule has 1 rings (SSSR count). The lowest BCUT2D eigenvalue weighted by atomic mass is 10.1. The van der Waals surface area contributed by atoms with Crippen molar-refractivity contribution in [2.45, 2.75) is 19.9 Å². The zero-order valence-corrected chi connectivity index (χ0v) is 12.8. The normalized spacial score (nSPS) is 12.3. The van der Waals surface area contributed by atoms with E-state index in [0.717, 1.165) is 6.54 Å². The molecule has 1 aromatic heterocycles. The molecule has 0 saturated heterocycles. The highest BCUT2D eigenvalue weighted by atomic mass is 19.1. The van der Waals surface area contributed by atoms with Crippen LogP contribution in [-0.4, -0.2) is 61.0 Å². The first-order chi connectivity index (χ1) is 9.42. The first kappa shape index (κ1) is 16.4. The fraction of sp³-hybridized carbons (Fsp3) is 0.571. The zero-order valence-electron chi connectivity index (χ0n) is 12.8. The van der Waals surface area contributed by atoms with Crippen molar-refractivity contribution in [1.82, 2.24) is 14.8 Å². The van der Waals surface area contributed by atoms with Gasteiger partial charge in [0.2, 0.25) is 0 Å². The average molecular weight is 282 g/mol. The lowest BCUT2D eigenvalue weighted by Crippen LogP contribution is -2.44. The van der Waals surface area contributed by atoms with Crippen LogP contribution in [0.5, 0.6) is 0 Å². The maximum absolute atomic E-state index is 14.2. The molecular weight excluding hydrogens is 259 g/mol. The van der Waals surface area contributed by atoms with E-state index in [4.69, 9.17) is 0 Å². The van der Waals surface area contributed by atoms with Gasteiger partial charge >= 0.3 is 0 Å². The first-order valence-electron chi connectivity index (χ1n) is 6.70. The van der Waals surface area contributed by atoms with Crippen molar-refractivity contribution in [2.75, 3.05) is 39.5 Å². The number of aromatic nitrogens is 1. The van der Waals surface area contributed by atoms with Crippen LogP contribution in [0.15, 0.2) is 12.3 Å². The molecule has 0 aliphatic heterocycles. The molecule has 1 amide bonds. The molecule has 0 bridgehead atoms. The summed E-state index contributed by atoms with van der Waals surface area (Å²) >= 11 is 0. The molecule has 1 heterocycles. The van der Waals surface area contributed by atoms with E-state index in [0.29, 0.717) is 6.54 Å². The number of anilines is 1. The molecule has 0 radical (unpaired) electrons. The second kappa shape index (κ2) is 7.19. The SMILES string of the molecule is CCN(C(=O)c1ccnc(NC)c1F)C(C)CN(C)C. The number of likely N-dealkylation sites (N-methyl/N-ethyl adjacent to an activating group) is 2. The van der Waals surface area contributed by atoms with E-state index in [9.17, 15) is 9.18 Å². The molecule has 0 spiro atoms. The van der Waals surface area contributed by atoms with Gasteiger partial charge in [-0.25, -0.2) is 9.37 Å². The van der Waals surface area contributed by atoms with Gasteiger partial charge in [0.05, 0.1) is 5.56 Å². The number of rotatable bonds is 6. The first-order valence-corrected chi connectivity index (χ1v) is 6.70. The van der Waals surface area contributed by atoms with Gasteiger partial charge in [-0.2, -0.15) is 0 Å². The van der Waals surface area contributed by atoms with Crippen LogP contribution in [-0.2, 0) is 0 Å². The summed E-state index contributed by atoms with van der Waals surface area (Å²) in [7, 11) is 5.47. The van der Waals surface area contributed by atoms with Crippen LogP contribution in [0.25, 0.3) is 0 Å². The molecule has 1 atom stereocenters. The third kappa shape index (κ3) is 3.66. The van der Waals surface area contributed by atoms with E-state index in [1.54, 1.807) is 11.9 Å². The van der Waals surface area contributed by atoms with E-state index in [2.05, 4.69) is 10.3 Å². The van der Waals surface area contributed by atoms with Gasteiger partial charge in [-0.15, -0.1) is 0 Å². The highest BCUT2D eigenvalue weighted by Crippen LogP contribution is 2.17. The lowest BCUT2D eigenvalue weighted by Gasteiger charge is -2.30. The van der Waals surface area contributed by atoms with E-state index >= 15 is 0 Å². The summed E-state index contributed by atoms with van der Waals surface area (Å²) in [6.45, 7) is 5.11. The van der Waals surface area contributed by atoms with Gasteiger partial charge in [-0.05, 0) is 34.0 Å². The Bertz CT molecular complexity index is 464. The maximum Gasteiger partial charge on any atom is 0.257 e. The number of nitrogens with zero attached hydrogens (tertiary/aromatic N) is 3. The largest absolute Gasteiger partial charge is 0.371 e. The van der Waals surface area contributed by atoms with E-state index in [1.165, 1.54) is 12.3 Å². The molecule has 0 aliphatic carbocycles. The quantitative estimate of drug-likeness (QED) is 0.862. The number of carbonyl (C=O) groups is 1. The number of nitrogens with one attached hydrogen (secondary N) is 1. The van der Waals surface area contributed by atoms with Crippen molar-refractivity contribution < 1.29 is 9.18 Å². The van der Waals surface area contributed by atoms with Gasteiger partial charge < -0.3 is 15.1 Å². The van der Waals surface area contributed by atoms with E-state index < -0.39 is 5.82 Å². The Morgan fingerprint density at radius 1 is 1.50 bits per heavy atom. The second-order valence-electron chi connectivity index (χ2n) is 4.97. The predicted molar refractivity (Wildman–Crippen MR) is 78.5 cm³/mol. The van der Waals surface area contributed by atoms with Gasteiger partial charge in [0, 0.05) is 32.4 Å². The molecule has 1 unspecified atom stereocenters. The van der Waals surface area contributed by atoms with Crippen LogP contribution in [0.3, 0.4) is 0 Å². The van der Waals surface area contributed by atoms with Gasteiger partial charge in [0.25, 0.3) is 5.91 Å². The Balaban J connectivity index is 3.02. The molecule has 0 fully saturated rings. The zero-order chi connectivity index (χ0) is 15.3. The Labute approximate surface area is 119 Å². The highest BCUT2D eigenvalue weighted by molar-refractivity contribution is 5.95. The van der Waals surface area contributed by atoms with Crippen LogP contribution in [0.2, 0.25) is 0 Å². The summed E-state index contributed by atoms with van der Waals surface area (Å²) in [5.41, 5.74) is 0.0526. The number of pyridine rings is 1. The molecule has 0 aromatic carbocycles. The Morgan fingerprint density at radius 3 is 2.65 bits per heavy atom. The molecule has 0 aliphatic rings. The fourth-order valence-corrected chi connectivity index (χ4v) is 2.22. The van der Waals surface area contributed by atoms with Crippen molar-refractivity contribution in [3.05, 3.63) is 23.6 Å². The number of hydrogen-bond acceptors (Lipinski definition) is 4. The van der Waals surface area contributed by atoms with Gasteiger partial charge in [0.15, 0.2) is 11.6 Å². The lowest BCUT2D eigenvalue weighted by molar-refractivity contribution is 0.0674. The number of halogens is 1. The topological polar surface area (TPSA) is 48.5 Å². The van der Waals surface area contributed by atoms with Crippen LogP contribution in [0.4, 0.5) is 10.2 Å². The van der Waals surface area contributed by atoms with Gasteiger partial charge in [-0.3, -0.25) is 4.79 Å². The molecule has 20 heavy (non-hydrogen) atoms. The van der Waals surface area contributed by atoms with Crippen molar-refractivity contribution >= 4 is 11.7 Å². The molecule has 6 heteroatoms. The van der Waals surface area contributed by atoms with E-state index in [-0.39, 0.29) is 23.3 Å². The minimum Gasteiger partial charge on any atom is -0.371 e. The third-order valence-electron chi connectivity index (χ3n) is 3.12. The highest BCUT2D eigenvalue weighted by Gasteiger charge is 2.24. The van der Waals surface area contributed by atoms with Crippen LogP contribution >= 0.6 is 0 Å². The maximum atomic E-state index is 14.2. The van der Waals surface area contributed by atoms with Gasteiger partial charge in [0.1, 0.15) is 0 Å². The number of hydrogen-bond donors (Lipinski definition) is 1. The number of carbonyl (C=O) groups excluding carboxylic acids is 1. The summed E-state index contributed by atoms with van der Waals surface area (Å²) in [6, 6.07) is 1.43. The number of amides is 1. The monoisotopic (exact) mass is 282 g/mol. The minimum atomic E-state index is -0.601. The summed E-state index contributed by atoms with van der Waals surface area (Å²) in [5.74, 6) is -0.819. The van der Waals surface area contributed by atoms with Crippen molar-refractivity contribution in [1.29, 1.82) is 0 Å². The molecule has 1 N–H and O–H groups in total.